The fraction of sp³-hybridized carbons (Fsp3) is 0.684. The van der Waals surface area contributed by atoms with Crippen LogP contribution in [-0.4, -0.2) is 68.0 Å². The zero-order valence-corrected chi connectivity index (χ0v) is 17.7. The molecule has 7 heteroatoms. The lowest BCUT2D eigenvalue weighted by molar-refractivity contribution is -1.02. The molecule has 1 aromatic carbocycles. The molecule has 0 aromatic heterocycles. The second-order valence-corrected chi connectivity index (χ2v) is 10.0. The molecule has 0 radical (unpaired) electrons. The average molecular weight is 385 g/mol. The maximum Gasteiger partial charge on any atom is 0.212 e. The van der Waals surface area contributed by atoms with Gasteiger partial charge in [0, 0.05) is 25.3 Å². The molecule has 0 unspecified atom stereocenters. The van der Waals surface area contributed by atoms with Gasteiger partial charge in [0.15, 0.2) is 0 Å². The molecule has 0 amide bonds. The summed E-state index contributed by atoms with van der Waals surface area (Å²) in [7, 11) is 3.05. The molecular formula is C19H36N4O2S+2. The standard InChI is InChI=1S/C19H34N4O2S/c1-16(2)15-26(24,25)20-14-19(23-12-10-22(5)11-13-23)17-6-8-18(9-7-17)21(3)4/h6-9,16,19-20H,10-15H2,1-5H3/p+2/t19-/m0/s1. The molecule has 2 rings (SSSR count). The molecule has 0 aliphatic carbocycles. The third-order valence-corrected chi connectivity index (χ3v) is 6.82. The number of benzene rings is 1. The van der Waals surface area contributed by atoms with E-state index in [0.717, 1.165) is 31.9 Å². The van der Waals surface area contributed by atoms with E-state index in [-0.39, 0.29) is 17.7 Å². The summed E-state index contributed by atoms with van der Waals surface area (Å²) < 4.78 is 27.5. The van der Waals surface area contributed by atoms with Crippen LogP contribution in [0.5, 0.6) is 0 Å². The van der Waals surface area contributed by atoms with Crippen LogP contribution in [0.15, 0.2) is 24.3 Å². The van der Waals surface area contributed by atoms with Gasteiger partial charge in [0.05, 0.1) is 19.3 Å². The molecule has 1 fully saturated rings. The quantitative estimate of drug-likeness (QED) is 0.527. The second kappa shape index (κ2) is 9.17. The topological polar surface area (TPSA) is 58.3 Å². The van der Waals surface area contributed by atoms with Gasteiger partial charge >= 0.3 is 0 Å². The molecule has 1 atom stereocenters. The Balaban J connectivity index is 2.16. The monoisotopic (exact) mass is 384 g/mol. The lowest BCUT2D eigenvalue weighted by atomic mass is 10.0. The third kappa shape index (κ3) is 6.23. The van der Waals surface area contributed by atoms with E-state index in [2.05, 4.69) is 40.9 Å². The smallest absolute Gasteiger partial charge is 0.212 e. The summed E-state index contributed by atoms with van der Waals surface area (Å²) in [5, 5.41) is 0. The second-order valence-electron chi connectivity index (χ2n) is 8.18. The molecular weight excluding hydrogens is 348 g/mol. The van der Waals surface area contributed by atoms with E-state index in [4.69, 9.17) is 0 Å². The molecule has 1 aliphatic rings. The SMILES string of the molecule is CC(C)CS(=O)(=O)NC[C@@H](c1ccc(N(C)C)cc1)[NH+]1CC[NH+](C)CC1. The van der Waals surface area contributed by atoms with Crippen LogP contribution in [0.4, 0.5) is 5.69 Å². The molecule has 0 bridgehead atoms. The predicted molar refractivity (Wildman–Crippen MR) is 107 cm³/mol. The van der Waals surface area contributed by atoms with E-state index >= 15 is 0 Å². The summed E-state index contributed by atoms with van der Waals surface area (Å²) in [6.07, 6.45) is 0. The van der Waals surface area contributed by atoms with Crippen molar-refractivity contribution in [1.82, 2.24) is 4.72 Å². The third-order valence-electron chi connectivity index (χ3n) is 5.11. The van der Waals surface area contributed by atoms with Crippen molar-refractivity contribution >= 4 is 15.7 Å². The first kappa shape index (κ1) is 21.2. The van der Waals surface area contributed by atoms with E-state index in [1.165, 1.54) is 10.5 Å². The zero-order valence-electron chi connectivity index (χ0n) is 16.9. The van der Waals surface area contributed by atoms with Gasteiger partial charge in [0.25, 0.3) is 0 Å². The van der Waals surface area contributed by atoms with E-state index in [9.17, 15) is 8.42 Å². The first-order valence-corrected chi connectivity index (χ1v) is 11.2. The van der Waals surface area contributed by atoms with E-state index in [1.807, 2.05) is 27.9 Å². The van der Waals surface area contributed by atoms with E-state index < -0.39 is 10.0 Å². The van der Waals surface area contributed by atoms with Crippen molar-refractivity contribution in [3.05, 3.63) is 29.8 Å². The Morgan fingerprint density at radius 2 is 1.65 bits per heavy atom. The number of likely N-dealkylation sites (N-methyl/N-ethyl adjacent to an activating group) is 1. The van der Waals surface area contributed by atoms with Gasteiger partial charge in [-0.05, 0) is 18.1 Å². The summed E-state index contributed by atoms with van der Waals surface area (Å²) in [6, 6.07) is 8.68. The van der Waals surface area contributed by atoms with Crippen molar-refractivity contribution < 1.29 is 18.2 Å². The number of quaternary nitrogens is 2. The Morgan fingerprint density at radius 1 is 1.08 bits per heavy atom. The van der Waals surface area contributed by atoms with Gasteiger partial charge in [-0.3, -0.25) is 0 Å². The van der Waals surface area contributed by atoms with Crippen molar-refractivity contribution in [2.45, 2.75) is 19.9 Å². The molecule has 6 nitrogen and oxygen atoms in total. The number of anilines is 1. The van der Waals surface area contributed by atoms with Crippen molar-refractivity contribution in [2.75, 3.05) is 64.5 Å². The molecule has 1 aliphatic heterocycles. The van der Waals surface area contributed by atoms with Gasteiger partial charge in [-0.1, -0.05) is 26.0 Å². The van der Waals surface area contributed by atoms with Crippen LogP contribution in [0, 0.1) is 5.92 Å². The maximum absolute atomic E-state index is 12.3. The van der Waals surface area contributed by atoms with Crippen LogP contribution in [-0.2, 0) is 10.0 Å². The van der Waals surface area contributed by atoms with Crippen LogP contribution in [0.1, 0.15) is 25.5 Å². The van der Waals surface area contributed by atoms with Gasteiger partial charge in [-0.2, -0.15) is 0 Å². The predicted octanol–water partition coefficient (Wildman–Crippen LogP) is -1.22. The summed E-state index contributed by atoms with van der Waals surface area (Å²) in [6.45, 7) is 8.72. The van der Waals surface area contributed by atoms with Crippen LogP contribution in [0.2, 0.25) is 0 Å². The molecule has 1 heterocycles. The van der Waals surface area contributed by atoms with Gasteiger partial charge in [-0.25, -0.2) is 13.1 Å². The first-order chi connectivity index (χ1) is 12.2. The minimum absolute atomic E-state index is 0.130. The lowest BCUT2D eigenvalue weighted by Crippen LogP contribution is -3.27. The highest BCUT2D eigenvalue weighted by Crippen LogP contribution is 2.16. The zero-order chi connectivity index (χ0) is 19.3. The highest BCUT2D eigenvalue weighted by atomic mass is 32.2. The highest BCUT2D eigenvalue weighted by Gasteiger charge is 2.30. The largest absolute Gasteiger partial charge is 0.378 e. The minimum Gasteiger partial charge on any atom is -0.378 e. The minimum atomic E-state index is -3.23. The van der Waals surface area contributed by atoms with Gasteiger partial charge in [0.1, 0.15) is 32.2 Å². The van der Waals surface area contributed by atoms with E-state index in [0.29, 0.717) is 6.54 Å². The molecule has 1 aromatic rings. The normalized spacial score (nSPS) is 22.4. The number of nitrogens with one attached hydrogen (secondary N) is 3. The Hall–Kier alpha value is -1.15. The Labute approximate surface area is 159 Å². The van der Waals surface area contributed by atoms with Crippen molar-refractivity contribution in [3.63, 3.8) is 0 Å². The molecule has 1 saturated heterocycles. The average Bonchev–Trinajstić information content (AvgIpc) is 2.55. The highest BCUT2D eigenvalue weighted by molar-refractivity contribution is 7.89. The molecule has 0 spiro atoms. The van der Waals surface area contributed by atoms with Gasteiger partial charge < -0.3 is 14.7 Å². The van der Waals surface area contributed by atoms with Gasteiger partial charge in [-0.15, -0.1) is 0 Å². The fourth-order valence-electron chi connectivity index (χ4n) is 3.56. The van der Waals surface area contributed by atoms with E-state index in [1.54, 1.807) is 4.90 Å². The summed E-state index contributed by atoms with van der Waals surface area (Å²) >= 11 is 0. The van der Waals surface area contributed by atoms with Crippen LogP contribution < -0.4 is 19.4 Å². The van der Waals surface area contributed by atoms with Crippen molar-refractivity contribution in [1.29, 1.82) is 0 Å². The van der Waals surface area contributed by atoms with Crippen molar-refractivity contribution in [3.8, 4) is 0 Å². The van der Waals surface area contributed by atoms with Crippen molar-refractivity contribution in [2.24, 2.45) is 5.92 Å². The Morgan fingerprint density at radius 3 is 2.15 bits per heavy atom. The molecule has 26 heavy (non-hydrogen) atoms. The number of rotatable bonds is 8. The molecule has 3 N–H and O–H groups in total. The summed E-state index contributed by atoms with van der Waals surface area (Å²) in [5.41, 5.74) is 2.36. The first-order valence-electron chi connectivity index (χ1n) is 9.58. The number of hydrogen-bond donors (Lipinski definition) is 3. The van der Waals surface area contributed by atoms with Crippen LogP contribution in [0.25, 0.3) is 0 Å². The van der Waals surface area contributed by atoms with Crippen LogP contribution in [0.3, 0.4) is 0 Å². The van der Waals surface area contributed by atoms with Gasteiger partial charge in [0.2, 0.25) is 10.0 Å². The number of nitrogens with zero attached hydrogens (tertiary/aromatic N) is 1. The number of piperazine rings is 1. The maximum atomic E-state index is 12.3. The Bertz CT molecular complexity index is 651. The summed E-state index contributed by atoms with van der Waals surface area (Å²) in [5.74, 6) is 0.312. The Kier molecular flexibility index (Phi) is 7.46. The number of hydrogen-bond acceptors (Lipinski definition) is 3. The molecule has 0 saturated carbocycles. The summed E-state index contributed by atoms with van der Waals surface area (Å²) in [4.78, 5) is 5.10. The van der Waals surface area contributed by atoms with Crippen LogP contribution >= 0.6 is 0 Å². The lowest BCUT2D eigenvalue weighted by Gasteiger charge is -2.33. The number of sulfonamides is 1. The fourth-order valence-corrected chi connectivity index (χ4v) is 4.97. The molecule has 148 valence electrons.